The molecule has 1 atom stereocenters. The molecule has 1 unspecified atom stereocenters. The molecule has 0 saturated carbocycles. The van der Waals surface area contributed by atoms with E-state index in [2.05, 4.69) is 105 Å². The molecule has 618 valence electrons. The lowest BCUT2D eigenvalue weighted by atomic mass is 9.80. The van der Waals surface area contributed by atoms with Gasteiger partial charge < -0.3 is 34.7 Å². The first-order valence-electron chi connectivity index (χ1n) is 40.3. The maximum Gasteiger partial charge on any atom is 0.488 e. The number of fused-ring (bicyclic) bond motifs is 10. The molecular weight excluding hydrogens is 1720 g/mol. The summed E-state index contributed by atoms with van der Waals surface area (Å²) in [5.74, 6) is 1.55. The number of aryl methyl sites for hydroxylation is 8. The molecule has 0 saturated heterocycles. The molecule has 5 heterocycles. The van der Waals surface area contributed by atoms with Crippen molar-refractivity contribution in [1.82, 2.24) is 5.06 Å². The van der Waals surface area contributed by atoms with Gasteiger partial charge >= 0.3 is 7.12 Å². The largest absolute Gasteiger partial charge is 0.488 e. The molecule has 12 aromatic carbocycles. The van der Waals surface area contributed by atoms with Crippen molar-refractivity contribution in [3.05, 3.63) is 357 Å². The van der Waals surface area contributed by atoms with E-state index in [1.54, 1.807) is 31.3 Å². The van der Waals surface area contributed by atoms with Gasteiger partial charge in [0, 0.05) is 49.0 Å². The molecule has 4 N–H and O–H groups in total. The van der Waals surface area contributed by atoms with E-state index in [-0.39, 0.29) is 33.7 Å². The Morgan fingerprint density at radius 3 is 1.14 bits per heavy atom. The first-order chi connectivity index (χ1) is 58.8. The summed E-state index contributed by atoms with van der Waals surface area (Å²) in [5, 5.41) is 19.9. The molecule has 12 aromatic rings. The van der Waals surface area contributed by atoms with E-state index in [4.69, 9.17) is 103 Å². The van der Waals surface area contributed by atoms with Crippen LogP contribution in [0.1, 0.15) is 128 Å². The van der Waals surface area contributed by atoms with Crippen LogP contribution in [0.15, 0.2) is 257 Å². The normalized spacial score (nSPS) is 18.5. The van der Waals surface area contributed by atoms with Gasteiger partial charge in [0.15, 0.2) is 22.4 Å². The van der Waals surface area contributed by atoms with Crippen molar-refractivity contribution < 1.29 is 61.0 Å². The molecular formula is C98H79BBrCl5F4N4O9. The fourth-order valence-corrected chi connectivity index (χ4v) is 19.9. The minimum absolute atomic E-state index is 0.0275. The quantitative estimate of drug-likeness (QED) is 0.113. The van der Waals surface area contributed by atoms with Crippen molar-refractivity contribution in [2.45, 2.75) is 131 Å². The number of Topliss-reactive ketones (excluding diaryl/α,β-unsaturated/α-hetero) is 2. The summed E-state index contributed by atoms with van der Waals surface area (Å²) in [5.41, 5.74) is 21.2. The number of halogens is 10. The molecule has 13 nitrogen and oxygen atoms in total. The third-order valence-corrected chi connectivity index (χ3v) is 26.2. The minimum atomic E-state index is -1.68. The summed E-state index contributed by atoms with van der Waals surface area (Å²) < 4.78 is 84.8. The Balaban J connectivity index is 0.000000112. The monoisotopic (exact) mass is 1800 g/mol. The fourth-order valence-electron chi connectivity index (χ4n) is 18.4. The molecule has 5 spiro atoms. The van der Waals surface area contributed by atoms with Crippen LogP contribution in [-0.4, -0.2) is 74.9 Å². The maximum absolute atomic E-state index is 14.1. The smallest absolute Gasteiger partial charge is 0.481 e. The number of carbonyl (C=O) groups is 2. The second kappa shape index (κ2) is 34.4. The van der Waals surface area contributed by atoms with E-state index >= 15 is 0 Å². The van der Waals surface area contributed by atoms with Crippen LogP contribution in [0.5, 0.6) is 23.0 Å². The van der Waals surface area contributed by atoms with Gasteiger partial charge in [0.05, 0.1) is 16.7 Å². The van der Waals surface area contributed by atoms with Crippen molar-refractivity contribution in [2.24, 2.45) is 15.2 Å². The van der Waals surface area contributed by atoms with Crippen LogP contribution in [0.25, 0.3) is 33.4 Å². The van der Waals surface area contributed by atoms with Crippen LogP contribution in [0.2, 0.25) is 20.1 Å². The third-order valence-electron chi connectivity index (χ3n) is 24.7. The Bertz CT molecular complexity index is 6030. The fraction of sp³-hybridized carbons (Fsp3) is 0.224. The Morgan fingerprint density at radius 1 is 0.410 bits per heavy atom. The van der Waals surface area contributed by atoms with Gasteiger partial charge in [0.1, 0.15) is 52.0 Å². The lowest BCUT2D eigenvalue weighted by Gasteiger charge is -2.38. The van der Waals surface area contributed by atoms with Gasteiger partial charge in [0.2, 0.25) is 17.5 Å². The molecule has 0 aromatic heterocycles. The molecule has 0 amide bonds. The van der Waals surface area contributed by atoms with Crippen molar-refractivity contribution in [1.29, 1.82) is 0 Å². The zero-order chi connectivity index (χ0) is 85.0. The predicted octanol–water partition coefficient (Wildman–Crippen LogP) is 22.5. The number of nitrogens with zero attached hydrogens (tertiary/aromatic N) is 3. The first-order valence-corrected chi connectivity index (χ1v) is 43.0. The molecule has 122 heavy (non-hydrogen) atoms. The van der Waals surface area contributed by atoms with E-state index in [0.717, 1.165) is 157 Å². The van der Waals surface area contributed by atoms with Gasteiger partial charge in [-0.2, -0.15) is 4.51 Å². The number of hydrogen-bond acceptors (Lipinski definition) is 13. The molecule has 9 aliphatic rings. The lowest BCUT2D eigenvalue weighted by Crippen LogP contribution is -2.52. The van der Waals surface area contributed by atoms with Crippen molar-refractivity contribution in [3.63, 3.8) is 0 Å². The van der Waals surface area contributed by atoms with E-state index < -0.39 is 46.9 Å². The summed E-state index contributed by atoms with van der Waals surface area (Å²) in [6.07, 6.45) is 12.9. The zero-order valence-electron chi connectivity index (χ0n) is 65.9. The molecule has 5 aliphatic heterocycles. The van der Waals surface area contributed by atoms with Gasteiger partial charge in [-0.1, -0.05) is 178 Å². The number of guanidine groups is 1. The second-order valence-electron chi connectivity index (χ2n) is 32.1. The van der Waals surface area contributed by atoms with E-state index in [1.165, 1.54) is 92.0 Å². The van der Waals surface area contributed by atoms with Gasteiger partial charge in [-0.05, 0) is 313 Å². The van der Waals surface area contributed by atoms with E-state index in [1.807, 2.05) is 78.9 Å². The second-order valence-corrected chi connectivity index (χ2v) is 34.9. The van der Waals surface area contributed by atoms with Crippen molar-refractivity contribution >= 4 is 110 Å². The highest BCUT2D eigenvalue weighted by molar-refractivity contribution is 9.10. The molecule has 0 radical (unpaired) electrons. The van der Waals surface area contributed by atoms with E-state index in [0.29, 0.717) is 67.6 Å². The predicted molar refractivity (Wildman–Crippen MR) is 475 cm³/mol. The van der Waals surface area contributed by atoms with Gasteiger partial charge in [-0.3, -0.25) is 9.59 Å². The van der Waals surface area contributed by atoms with Crippen LogP contribution in [-0.2, 0) is 61.9 Å². The molecule has 0 bridgehead atoms. The van der Waals surface area contributed by atoms with Gasteiger partial charge in [-0.25, -0.2) is 32.5 Å². The lowest BCUT2D eigenvalue weighted by molar-refractivity contribution is -0.234. The summed E-state index contributed by atoms with van der Waals surface area (Å²) in [6.45, 7) is 0. The number of nitrogens with two attached hydrogens (primary N) is 1. The SMILES string of the molecule is CN1OC2(N=C1N)c1cc(-c3cc(F)cc(Cl)c3)ccc1OC21CCc2ccccc2CC1.Fc1cc(Cl)cc(-c2ccc3c(c2)C(=NCl)C2(CCc4ccccc4CC2)O3)c1.O=C1c2cc(-c3cc(F)cc(Cl)c3)ccc2OC12CCc1ccccc1CC2.O=C1c2cc(Br)ccc2OC12CCc1ccccc1CC2.OB(O)c1cc(F)cc(Cl)c1. The Morgan fingerprint density at radius 2 is 0.754 bits per heavy atom. The topological polar surface area (TPSA) is 175 Å². The van der Waals surface area contributed by atoms with Crippen molar-refractivity contribution in [2.75, 3.05) is 7.05 Å². The number of aliphatic imine (C=N–C) groups is 1. The highest BCUT2D eigenvalue weighted by atomic mass is 79.9. The number of hydroxylamine groups is 2. The van der Waals surface area contributed by atoms with Crippen LogP contribution in [0.3, 0.4) is 0 Å². The van der Waals surface area contributed by atoms with Crippen molar-refractivity contribution in [3.8, 4) is 56.4 Å². The number of carbonyl (C=O) groups excluding carboxylic acids is 2. The first kappa shape index (κ1) is 84.0. The Labute approximate surface area is 737 Å². The maximum atomic E-state index is 14.1. The summed E-state index contributed by atoms with van der Waals surface area (Å²) in [4.78, 5) is 37.5. The van der Waals surface area contributed by atoms with Gasteiger partial charge in [0.25, 0.3) is 5.72 Å². The zero-order valence-corrected chi connectivity index (χ0v) is 71.3. The van der Waals surface area contributed by atoms with Crippen LogP contribution < -0.4 is 30.1 Å². The standard InChI is InChI=1S/C26H23ClFN3O2.C24H18Cl2FNO.C24H18ClFO2.C18H15BrO2.C6H5BClFO2/c1-31-24(29)30-26(33-31)22-14-18(19-12-20(27)15-21(28)13-19)6-7-23(22)32-25(26)10-8-16-4-2-3-5-17(16)9-11-25;25-19-11-18(12-20(27)14-19)17-5-6-22-21(13-17)23(28-26)24(29-22)9-7-15-3-1-2-4-16(15)8-10-24;25-19-11-18(12-20(26)14-19)17-5-6-22-21(13-17)23(27)24(28-22)9-7-15-3-1-2-4-16(15)8-10-24;19-14-5-6-16-15(11-14)17(20)18(21-16)9-7-12-3-1-2-4-13(12)8-10-18;8-5-1-4(7(10)11)2-6(9)3-5/h2-7,12-15H,8-11H2,1H3,(H2,29,30);1-6,11-14H,7-10H2;1-6,11-14H,7-10H2;1-6,11H,7-10H2;1-3,10-11H. The van der Waals surface area contributed by atoms with Crippen LogP contribution >= 0.6 is 74.1 Å². The molecule has 0 fully saturated rings. The summed E-state index contributed by atoms with van der Waals surface area (Å²) >= 11 is 33.1. The molecule has 24 heteroatoms. The highest BCUT2D eigenvalue weighted by Gasteiger charge is 2.66. The Hall–Kier alpha value is -10.3. The van der Waals surface area contributed by atoms with Crippen LogP contribution in [0.4, 0.5) is 17.6 Å². The summed E-state index contributed by atoms with van der Waals surface area (Å²) in [7, 11) is 0.0733. The van der Waals surface area contributed by atoms with Gasteiger partial charge in [-0.15, -0.1) is 0 Å². The number of ketones is 2. The minimum Gasteiger partial charge on any atom is -0.481 e. The Kier molecular flexibility index (Phi) is 23.7. The molecule has 21 rings (SSSR count). The highest BCUT2D eigenvalue weighted by Crippen LogP contribution is 2.59. The summed E-state index contributed by atoms with van der Waals surface area (Å²) in [6, 6.07) is 73.4. The van der Waals surface area contributed by atoms with E-state index in [9.17, 15) is 27.2 Å². The molecule has 4 aliphatic carbocycles. The number of benzene rings is 12. The average Bonchev–Trinajstić information content (AvgIpc) is 1.53. The number of hydrogen-bond donors (Lipinski definition) is 3. The number of rotatable bonds is 4. The average molecular weight is 1800 g/mol. The number of ether oxygens (including phenoxy) is 4. The third kappa shape index (κ3) is 16.7. The van der Waals surface area contributed by atoms with Crippen LogP contribution in [0, 0.1) is 23.3 Å².